The van der Waals surface area contributed by atoms with E-state index in [0.717, 1.165) is 25.9 Å². The van der Waals surface area contributed by atoms with Crippen molar-refractivity contribution in [2.45, 2.75) is 38.4 Å². The summed E-state index contributed by atoms with van der Waals surface area (Å²) < 4.78 is 30.2. The summed E-state index contributed by atoms with van der Waals surface area (Å²) in [6.07, 6.45) is 3.17. The third kappa shape index (κ3) is 9.57. The van der Waals surface area contributed by atoms with E-state index in [1.54, 1.807) is 19.2 Å². The molecule has 0 bridgehead atoms. The molecule has 8 heteroatoms. The molecule has 154 valence electrons. The molecule has 2 unspecified atom stereocenters. The molecule has 0 radical (unpaired) electrons. The number of guanidine groups is 1. The number of hydrogen-bond donors (Lipinski definition) is 2. The molecule has 27 heavy (non-hydrogen) atoms. The van der Waals surface area contributed by atoms with Crippen molar-refractivity contribution in [3.05, 3.63) is 30.1 Å². The molecule has 2 rings (SSSR count). The number of benzene rings is 1. The first-order valence-corrected chi connectivity index (χ1v) is 9.27. The Morgan fingerprint density at radius 3 is 2.93 bits per heavy atom. The molecule has 1 aliphatic rings. The average molecular weight is 495 g/mol. The minimum absolute atomic E-state index is 0. The molecule has 1 aliphatic heterocycles. The van der Waals surface area contributed by atoms with Gasteiger partial charge in [-0.15, -0.1) is 24.0 Å². The van der Waals surface area contributed by atoms with Gasteiger partial charge in [0.15, 0.2) is 5.96 Å². The SMILES string of the molecule is CCC(CNC(=NC)NCCOCC1CCCO1)Oc1cccc(F)c1.I. The Balaban J connectivity index is 0.00000364. The lowest BCUT2D eigenvalue weighted by molar-refractivity contribution is 0.0191. The highest BCUT2D eigenvalue weighted by Crippen LogP contribution is 2.14. The van der Waals surface area contributed by atoms with Crippen molar-refractivity contribution in [1.82, 2.24) is 10.6 Å². The van der Waals surface area contributed by atoms with Crippen molar-refractivity contribution >= 4 is 29.9 Å². The predicted molar refractivity (Wildman–Crippen MR) is 116 cm³/mol. The fraction of sp³-hybridized carbons (Fsp3) is 0.632. The molecule has 1 heterocycles. The minimum Gasteiger partial charge on any atom is -0.489 e. The molecule has 0 spiro atoms. The Hall–Kier alpha value is -1.13. The monoisotopic (exact) mass is 495 g/mol. The standard InChI is InChI=1S/C19H30FN3O3.HI/c1-3-16(26-17-7-4-6-15(20)12-17)13-23-19(21-2)22-9-11-24-14-18-8-5-10-25-18;/h4,6-7,12,16,18H,3,5,8-11,13-14H2,1-2H3,(H2,21,22,23);1H. The Bertz CT molecular complexity index is 557. The lowest BCUT2D eigenvalue weighted by Gasteiger charge is -2.20. The van der Waals surface area contributed by atoms with E-state index in [1.807, 2.05) is 6.92 Å². The summed E-state index contributed by atoms with van der Waals surface area (Å²) in [5.41, 5.74) is 0. The molecule has 6 nitrogen and oxygen atoms in total. The number of nitrogens with one attached hydrogen (secondary N) is 2. The van der Waals surface area contributed by atoms with Gasteiger partial charge in [-0.05, 0) is 31.4 Å². The zero-order chi connectivity index (χ0) is 18.6. The molecule has 0 aliphatic carbocycles. The smallest absolute Gasteiger partial charge is 0.191 e. The maximum Gasteiger partial charge on any atom is 0.191 e. The molecule has 0 amide bonds. The Morgan fingerprint density at radius 2 is 2.26 bits per heavy atom. The van der Waals surface area contributed by atoms with Crippen molar-refractivity contribution < 1.29 is 18.6 Å². The van der Waals surface area contributed by atoms with Crippen LogP contribution in [0.3, 0.4) is 0 Å². The lowest BCUT2D eigenvalue weighted by Crippen LogP contribution is -2.43. The largest absolute Gasteiger partial charge is 0.489 e. The Morgan fingerprint density at radius 1 is 1.41 bits per heavy atom. The summed E-state index contributed by atoms with van der Waals surface area (Å²) >= 11 is 0. The van der Waals surface area contributed by atoms with Crippen LogP contribution in [0.1, 0.15) is 26.2 Å². The number of hydrogen-bond acceptors (Lipinski definition) is 4. The summed E-state index contributed by atoms with van der Waals surface area (Å²) in [5.74, 6) is 0.918. The topological polar surface area (TPSA) is 64.1 Å². The highest BCUT2D eigenvalue weighted by molar-refractivity contribution is 14.0. The van der Waals surface area contributed by atoms with Gasteiger partial charge in [-0.25, -0.2) is 4.39 Å². The molecule has 2 N–H and O–H groups in total. The van der Waals surface area contributed by atoms with Crippen LogP contribution in [0, 0.1) is 5.82 Å². The van der Waals surface area contributed by atoms with E-state index in [1.165, 1.54) is 12.1 Å². The Labute approximate surface area is 178 Å². The van der Waals surface area contributed by atoms with Crippen LogP contribution >= 0.6 is 24.0 Å². The van der Waals surface area contributed by atoms with Crippen LogP contribution in [0.2, 0.25) is 0 Å². The van der Waals surface area contributed by atoms with E-state index >= 15 is 0 Å². The van der Waals surface area contributed by atoms with E-state index < -0.39 is 0 Å². The third-order valence-corrected chi connectivity index (χ3v) is 4.14. The first-order valence-electron chi connectivity index (χ1n) is 9.27. The summed E-state index contributed by atoms with van der Waals surface area (Å²) in [5, 5.41) is 6.43. The number of halogens is 2. The van der Waals surface area contributed by atoms with Gasteiger partial charge in [0, 0.05) is 26.3 Å². The molecule has 1 fully saturated rings. The van der Waals surface area contributed by atoms with E-state index in [9.17, 15) is 4.39 Å². The maximum atomic E-state index is 13.2. The Kier molecular flexibility index (Phi) is 12.4. The fourth-order valence-electron chi connectivity index (χ4n) is 2.67. The van der Waals surface area contributed by atoms with Crippen molar-refractivity contribution in [3.8, 4) is 5.75 Å². The molecule has 1 aromatic carbocycles. The second-order valence-corrected chi connectivity index (χ2v) is 6.20. The van der Waals surface area contributed by atoms with Crippen LogP contribution in [0.4, 0.5) is 4.39 Å². The second-order valence-electron chi connectivity index (χ2n) is 6.20. The first-order chi connectivity index (χ1) is 12.7. The van der Waals surface area contributed by atoms with Crippen LogP contribution in [-0.2, 0) is 9.47 Å². The number of rotatable bonds is 10. The second kappa shape index (κ2) is 14.0. The maximum absolute atomic E-state index is 13.2. The molecule has 0 saturated carbocycles. The highest BCUT2D eigenvalue weighted by atomic mass is 127. The van der Waals surface area contributed by atoms with Gasteiger partial charge in [0.25, 0.3) is 0 Å². The first kappa shape index (κ1) is 23.9. The van der Waals surface area contributed by atoms with Gasteiger partial charge in [-0.3, -0.25) is 4.99 Å². The number of ether oxygens (including phenoxy) is 3. The normalized spacial score (nSPS) is 17.9. The molecular weight excluding hydrogens is 464 g/mol. The lowest BCUT2D eigenvalue weighted by atomic mass is 10.2. The molecule has 2 atom stereocenters. The summed E-state index contributed by atoms with van der Waals surface area (Å²) in [7, 11) is 1.72. The van der Waals surface area contributed by atoms with Gasteiger partial charge in [-0.1, -0.05) is 13.0 Å². The van der Waals surface area contributed by atoms with Crippen LogP contribution in [0.15, 0.2) is 29.3 Å². The summed E-state index contributed by atoms with van der Waals surface area (Å²) in [6, 6.07) is 6.19. The zero-order valence-corrected chi connectivity index (χ0v) is 18.4. The predicted octanol–water partition coefficient (Wildman–Crippen LogP) is 2.96. The molecule has 1 aromatic rings. The van der Waals surface area contributed by atoms with E-state index in [4.69, 9.17) is 14.2 Å². The van der Waals surface area contributed by atoms with Crippen LogP contribution in [0.25, 0.3) is 0 Å². The molecule has 1 saturated heterocycles. The van der Waals surface area contributed by atoms with Gasteiger partial charge in [0.05, 0.1) is 25.9 Å². The van der Waals surface area contributed by atoms with Crippen molar-refractivity contribution in [2.24, 2.45) is 4.99 Å². The van der Waals surface area contributed by atoms with Gasteiger partial charge in [0.1, 0.15) is 17.7 Å². The van der Waals surface area contributed by atoms with E-state index in [2.05, 4.69) is 15.6 Å². The van der Waals surface area contributed by atoms with Crippen molar-refractivity contribution in [3.63, 3.8) is 0 Å². The van der Waals surface area contributed by atoms with Crippen LogP contribution < -0.4 is 15.4 Å². The van der Waals surface area contributed by atoms with Gasteiger partial charge in [-0.2, -0.15) is 0 Å². The van der Waals surface area contributed by atoms with Crippen molar-refractivity contribution in [2.75, 3.05) is 40.0 Å². The fourth-order valence-corrected chi connectivity index (χ4v) is 2.67. The van der Waals surface area contributed by atoms with Gasteiger partial charge >= 0.3 is 0 Å². The summed E-state index contributed by atoms with van der Waals surface area (Å²) in [4.78, 5) is 4.19. The van der Waals surface area contributed by atoms with Crippen LogP contribution in [0.5, 0.6) is 5.75 Å². The minimum atomic E-state index is -0.300. The quantitative estimate of drug-likeness (QED) is 0.226. The molecule has 0 aromatic heterocycles. The molecular formula is C19H31FIN3O3. The van der Waals surface area contributed by atoms with E-state index in [0.29, 0.717) is 38.0 Å². The van der Waals surface area contributed by atoms with Crippen molar-refractivity contribution in [1.29, 1.82) is 0 Å². The highest BCUT2D eigenvalue weighted by Gasteiger charge is 2.15. The third-order valence-electron chi connectivity index (χ3n) is 4.14. The van der Waals surface area contributed by atoms with Gasteiger partial charge < -0.3 is 24.8 Å². The van der Waals surface area contributed by atoms with E-state index in [-0.39, 0.29) is 42.0 Å². The van der Waals surface area contributed by atoms with Gasteiger partial charge in [0.2, 0.25) is 0 Å². The number of nitrogens with zero attached hydrogens (tertiary/aromatic N) is 1. The summed E-state index contributed by atoms with van der Waals surface area (Å²) in [6.45, 7) is 5.35. The van der Waals surface area contributed by atoms with Crippen LogP contribution in [-0.4, -0.2) is 58.1 Å². The average Bonchev–Trinajstić information content (AvgIpc) is 3.16. The zero-order valence-electron chi connectivity index (χ0n) is 16.1. The number of aliphatic imine (C=N–C) groups is 1.